The van der Waals surface area contributed by atoms with E-state index in [4.69, 9.17) is 10.4 Å². The number of hydrogen-bond donors (Lipinski definition) is 1. The van der Waals surface area contributed by atoms with Gasteiger partial charge in [0.15, 0.2) is 0 Å². The Bertz CT molecular complexity index is 536. The Morgan fingerprint density at radius 3 is 3.05 bits per heavy atom. The van der Waals surface area contributed by atoms with E-state index in [1.165, 1.54) is 6.42 Å². The average molecular weight is 286 g/mol. The average Bonchev–Trinajstić information content (AvgIpc) is 2.52. The van der Waals surface area contributed by atoms with Crippen molar-refractivity contribution < 1.29 is 9.90 Å². The summed E-state index contributed by atoms with van der Waals surface area (Å²) >= 11 is 0. The van der Waals surface area contributed by atoms with Gasteiger partial charge < -0.3 is 5.11 Å². The standard InChI is InChI=1S/C17H22N2O2/c1-13(15-6-4-5-14(11-15)12-18)19-10-3-2-7-16(19)8-9-17(20)21/h4-6,11,13,16H,2-3,7-10H2,1H3,(H,20,21). The highest BCUT2D eigenvalue weighted by molar-refractivity contribution is 5.66. The number of benzene rings is 1. The molecule has 0 spiro atoms. The van der Waals surface area contributed by atoms with Gasteiger partial charge in [0, 0.05) is 18.5 Å². The molecule has 1 aliphatic rings. The number of piperidine rings is 1. The zero-order chi connectivity index (χ0) is 15.2. The van der Waals surface area contributed by atoms with Crippen molar-refractivity contribution in [3.8, 4) is 6.07 Å². The predicted molar refractivity (Wildman–Crippen MR) is 80.8 cm³/mol. The number of aliphatic carboxylic acids is 1. The molecular formula is C17H22N2O2. The fourth-order valence-electron chi connectivity index (χ4n) is 3.19. The summed E-state index contributed by atoms with van der Waals surface area (Å²) in [7, 11) is 0. The molecule has 0 amide bonds. The SMILES string of the molecule is CC(c1cccc(C#N)c1)N1CCCCC1CCC(=O)O. The zero-order valence-corrected chi connectivity index (χ0v) is 12.5. The molecule has 0 radical (unpaired) electrons. The third-order valence-electron chi connectivity index (χ3n) is 4.36. The molecule has 21 heavy (non-hydrogen) atoms. The van der Waals surface area contributed by atoms with E-state index in [2.05, 4.69) is 17.9 Å². The Morgan fingerprint density at radius 1 is 1.52 bits per heavy atom. The third kappa shape index (κ3) is 4.05. The normalized spacial score (nSPS) is 20.7. The van der Waals surface area contributed by atoms with Gasteiger partial charge in [-0.1, -0.05) is 18.6 Å². The number of rotatable bonds is 5. The second-order valence-electron chi connectivity index (χ2n) is 5.73. The summed E-state index contributed by atoms with van der Waals surface area (Å²) in [6.07, 6.45) is 4.33. The quantitative estimate of drug-likeness (QED) is 0.901. The van der Waals surface area contributed by atoms with Crippen LogP contribution in [0.25, 0.3) is 0 Å². The van der Waals surface area contributed by atoms with Crippen molar-refractivity contribution >= 4 is 5.97 Å². The summed E-state index contributed by atoms with van der Waals surface area (Å²) in [6.45, 7) is 3.15. The van der Waals surface area contributed by atoms with Gasteiger partial charge in [-0.3, -0.25) is 9.69 Å². The number of carbonyl (C=O) groups is 1. The maximum Gasteiger partial charge on any atom is 0.303 e. The first kappa shape index (κ1) is 15.5. The lowest BCUT2D eigenvalue weighted by atomic mass is 9.94. The number of carboxylic acids is 1. The van der Waals surface area contributed by atoms with Crippen LogP contribution in [0, 0.1) is 11.3 Å². The molecule has 1 heterocycles. The fourth-order valence-corrected chi connectivity index (χ4v) is 3.19. The number of hydrogen-bond acceptors (Lipinski definition) is 3. The van der Waals surface area contributed by atoms with Gasteiger partial charge in [-0.05, 0) is 50.4 Å². The summed E-state index contributed by atoms with van der Waals surface area (Å²) in [5, 5.41) is 17.9. The van der Waals surface area contributed by atoms with E-state index in [-0.39, 0.29) is 12.5 Å². The minimum atomic E-state index is -0.723. The van der Waals surface area contributed by atoms with Crippen molar-refractivity contribution in [1.29, 1.82) is 5.26 Å². The van der Waals surface area contributed by atoms with Crippen molar-refractivity contribution in [3.63, 3.8) is 0 Å². The van der Waals surface area contributed by atoms with Crippen LogP contribution in [-0.4, -0.2) is 28.6 Å². The second-order valence-corrected chi connectivity index (χ2v) is 5.73. The number of nitriles is 1. The van der Waals surface area contributed by atoms with Gasteiger partial charge >= 0.3 is 5.97 Å². The summed E-state index contributed by atoms with van der Waals surface area (Å²) in [4.78, 5) is 13.2. The van der Waals surface area contributed by atoms with E-state index in [1.807, 2.05) is 24.3 Å². The van der Waals surface area contributed by atoms with Gasteiger partial charge in [-0.25, -0.2) is 0 Å². The van der Waals surface area contributed by atoms with Gasteiger partial charge in [0.1, 0.15) is 0 Å². The van der Waals surface area contributed by atoms with E-state index in [0.29, 0.717) is 18.0 Å². The molecule has 1 saturated heterocycles. The Kier molecular flexibility index (Phi) is 5.35. The molecule has 4 heteroatoms. The second kappa shape index (κ2) is 7.24. The molecule has 2 unspecified atom stereocenters. The summed E-state index contributed by atoms with van der Waals surface area (Å²) in [5.74, 6) is -0.723. The van der Waals surface area contributed by atoms with Crippen molar-refractivity contribution in [1.82, 2.24) is 4.90 Å². The summed E-state index contributed by atoms with van der Waals surface area (Å²) in [5.41, 5.74) is 1.81. The molecule has 0 aromatic heterocycles. The molecule has 2 atom stereocenters. The molecule has 0 bridgehead atoms. The minimum absolute atomic E-state index is 0.220. The molecule has 0 aliphatic carbocycles. The van der Waals surface area contributed by atoms with Crippen molar-refractivity contribution in [3.05, 3.63) is 35.4 Å². The van der Waals surface area contributed by atoms with Crippen LogP contribution < -0.4 is 0 Å². The van der Waals surface area contributed by atoms with Crippen LogP contribution >= 0.6 is 0 Å². The van der Waals surface area contributed by atoms with E-state index >= 15 is 0 Å². The molecule has 1 aliphatic heterocycles. The van der Waals surface area contributed by atoms with Gasteiger partial charge in [0.2, 0.25) is 0 Å². The maximum absolute atomic E-state index is 10.8. The van der Waals surface area contributed by atoms with Gasteiger partial charge in [0.25, 0.3) is 0 Å². The molecule has 1 fully saturated rings. The Balaban J connectivity index is 2.12. The molecule has 112 valence electrons. The molecule has 1 N–H and O–H groups in total. The highest BCUT2D eigenvalue weighted by Crippen LogP contribution is 2.30. The largest absolute Gasteiger partial charge is 0.481 e. The Hall–Kier alpha value is -1.86. The molecule has 1 aromatic rings. The van der Waals surface area contributed by atoms with Crippen LogP contribution in [0.4, 0.5) is 0 Å². The van der Waals surface area contributed by atoms with E-state index < -0.39 is 5.97 Å². The topological polar surface area (TPSA) is 64.3 Å². The lowest BCUT2D eigenvalue weighted by molar-refractivity contribution is -0.137. The highest BCUT2D eigenvalue weighted by Gasteiger charge is 2.27. The number of nitrogens with zero attached hydrogens (tertiary/aromatic N) is 2. The van der Waals surface area contributed by atoms with E-state index in [1.54, 1.807) is 0 Å². The summed E-state index contributed by atoms with van der Waals surface area (Å²) in [6, 6.07) is 10.4. The van der Waals surface area contributed by atoms with Crippen molar-refractivity contribution in [2.75, 3.05) is 6.54 Å². The summed E-state index contributed by atoms with van der Waals surface area (Å²) < 4.78 is 0. The molecule has 2 rings (SSSR count). The number of likely N-dealkylation sites (tertiary alicyclic amines) is 1. The van der Waals surface area contributed by atoms with Gasteiger partial charge in [0.05, 0.1) is 11.6 Å². The molecule has 0 saturated carbocycles. The van der Waals surface area contributed by atoms with Crippen LogP contribution in [0.1, 0.15) is 56.2 Å². The first-order valence-corrected chi connectivity index (χ1v) is 7.59. The minimum Gasteiger partial charge on any atom is -0.481 e. The first-order chi connectivity index (χ1) is 10.1. The third-order valence-corrected chi connectivity index (χ3v) is 4.36. The zero-order valence-electron chi connectivity index (χ0n) is 12.5. The van der Waals surface area contributed by atoms with Crippen molar-refractivity contribution in [2.24, 2.45) is 0 Å². The fraction of sp³-hybridized carbons (Fsp3) is 0.529. The van der Waals surface area contributed by atoms with Crippen LogP contribution in [0.3, 0.4) is 0 Å². The number of carboxylic acid groups (broad SMARTS) is 1. The van der Waals surface area contributed by atoms with Crippen LogP contribution in [0.15, 0.2) is 24.3 Å². The lowest BCUT2D eigenvalue weighted by Gasteiger charge is -2.40. The van der Waals surface area contributed by atoms with Crippen LogP contribution in [0.2, 0.25) is 0 Å². The van der Waals surface area contributed by atoms with E-state index in [0.717, 1.165) is 24.9 Å². The lowest BCUT2D eigenvalue weighted by Crippen LogP contribution is -2.41. The highest BCUT2D eigenvalue weighted by atomic mass is 16.4. The first-order valence-electron chi connectivity index (χ1n) is 7.59. The maximum atomic E-state index is 10.8. The van der Waals surface area contributed by atoms with Gasteiger partial charge in [-0.15, -0.1) is 0 Å². The smallest absolute Gasteiger partial charge is 0.303 e. The predicted octanol–water partition coefficient (Wildman–Crippen LogP) is 3.34. The van der Waals surface area contributed by atoms with Gasteiger partial charge in [-0.2, -0.15) is 5.26 Å². The monoisotopic (exact) mass is 286 g/mol. The van der Waals surface area contributed by atoms with E-state index in [9.17, 15) is 4.79 Å². The Morgan fingerprint density at radius 2 is 2.33 bits per heavy atom. The molecular weight excluding hydrogens is 264 g/mol. The van der Waals surface area contributed by atoms with Crippen LogP contribution in [-0.2, 0) is 4.79 Å². The molecule has 4 nitrogen and oxygen atoms in total. The Labute approximate surface area is 126 Å². The van der Waals surface area contributed by atoms with Crippen LogP contribution in [0.5, 0.6) is 0 Å². The molecule has 1 aromatic carbocycles. The van der Waals surface area contributed by atoms with Crippen molar-refractivity contribution in [2.45, 2.75) is 51.1 Å².